The maximum absolute atomic E-state index is 13.6. The number of para-hydroxylation sites is 2. The lowest BCUT2D eigenvalue weighted by molar-refractivity contribution is -0.116. The Morgan fingerprint density at radius 3 is 2.38 bits per heavy atom. The zero-order valence-corrected chi connectivity index (χ0v) is 19.7. The van der Waals surface area contributed by atoms with Crippen LogP contribution >= 0.6 is 15.9 Å². The highest BCUT2D eigenvalue weighted by Crippen LogP contribution is 2.45. The number of aryl methyl sites for hydroxylation is 1. The first-order chi connectivity index (χ1) is 15.5. The van der Waals surface area contributed by atoms with Crippen LogP contribution in [-0.2, 0) is 4.79 Å². The Balaban J connectivity index is 1.60. The Morgan fingerprint density at radius 2 is 1.66 bits per heavy atom. The first-order valence-electron chi connectivity index (χ1n) is 10.8. The Labute approximate surface area is 196 Å². The largest absolute Gasteiger partial charge is 0.496 e. The van der Waals surface area contributed by atoms with Crippen LogP contribution < -0.4 is 15.4 Å². The molecule has 1 heterocycles. The number of ketones is 1. The van der Waals surface area contributed by atoms with Crippen LogP contribution in [0.1, 0.15) is 41.5 Å². The Bertz CT molecular complexity index is 1220. The van der Waals surface area contributed by atoms with Crippen molar-refractivity contribution in [2.45, 2.75) is 31.7 Å². The Kier molecular flexibility index (Phi) is 5.51. The second-order valence-electron chi connectivity index (χ2n) is 8.47. The number of halogens is 1. The molecule has 162 valence electrons. The summed E-state index contributed by atoms with van der Waals surface area (Å²) in [4.78, 5) is 13.6. The average molecular weight is 489 g/mol. The highest BCUT2D eigenvalue weighted by atomic mass is 79.9. The minimum Gasteiger partial charge on any atom is -0.496 e. The van der Waals surface area contributed by atoms with E-state index in [1.165, 1.54) is 11.1 Å². The number of hydrogen-bond donors (Lipinski definition) is 2. The fourth-order valence-electron chi connectivity index (χ4n) is 4.68. The van der Waals surface area contributed by atoms with Crippen molar-refractivity contribution in [1.82, 2.24) is 0 Å². The van der Waals surface area contributed by atoms with Gasteiger partial charge in [-0.3, -0.25) is 4.79 Å². The number of carbonyl (C=O) groups is 1. The topological polar surface area (TPSA) is 50.4 Å². The lowest BCUT2D eigenvalue weighted by atomic mass is 9.78. The van der Waals surface area contributed by atoms with Gasteiger partial charge in [0.25, 0.3) is 0 Å². The molecule has 0 saturated carbocycles. The summed E-state index contributed by atoms with van der Waals surface area (Å²) in [6.07, 6.45) is 1.31. The number of Topliss-reactive ketones (excluding diaryl/α,β-unsaturated/α-hetero) is 1. The lowest BCUT2D eigenvalue weighted by Crippen LogP contribution is -2.26. The van der Waals surface area contributed by atoms with Crippen molar-refractivity contribution in [3.05, 3.63) is 99.2 Å². The minimum atomic E-state index is -0.241. The van der Waals surface area contributed by atoms with Gasteiger partial charge >= 0.3 is 0 Å². The van der Waals surface area contributed by atoms with Crippen molar-refractivity contribution in [1.29, 1.82) is 0 Å². The van der Waals surface area contributed by atoms with Crippen molar-refractivity contribution >= 4 is 33.1 Å². The first kappa shape index (κ1) is 20.8. The highest BCUT2D eigenvalue weighted by Gasteiger charge is 2.36. The molecule has 32 heavy (non-hydrogen) atoms. The van der Waals surface area contributed by atoms with Gasteiger partial charge in [-0.1, -0.05) is 48.0 Å². The number of methoxy groups -OCH3 is 1. The molecule has 0 bridgehead atoms. The van der Waals surface area contributed by atoms with Gasteiger partial charge < -0.3 is 15.4 Å². The van der Waals surface area contributed by atoms with E-state index in [2.05, 4.69) is 63.8 Å². The molecule has 1 aliphatic heterocycles. The summed E-state index contributed by atoms with van der Waals surface area (Å²) >= 11 is 3.60. The number of anilines is 2. The molecular weight excluding hydrogens is 464 g/mol. The van der Waals surface area contributed by atoms with Crippen LogP contribution in [0.2, 0.25) is 0 Å². The van der Waals surface area contributed by atoms with Gasteiger partial charge in [-0.2, -0.15) is 0 Å². The number of fused-ring (bicyclic) bond motifs is 1. The van der Waals surface area contributed by atoms with Crippen LogP contribution in [0.25, 0.3) is 0 Å². The molecule has 5 rings (SSSR count). The fraction of sp³-hybridized carbons (Fsp3) is 0.222. The predicted octanol–water partition coefficient (Wildman–Crippen LogP) is 6.75. The molecule has 0 amide bonds. The van der Waals surface area contributed by atoms with Gasteiger partial charge in [0.15, 0.2) is 5.78 Å². The van der Waals surface area contributed by atoms with Crippen LogP contribution in [0.15, 0.2) is 82.5 Å². The summed E-state index contributed by atoms with van der Waals surface area (Å²) in [5, 5.41) is 7.23. The Morgan fingerprint density at radius 1 is 0.938 bits per heavy atom. The minimum absolute atomic E-state index is 0.169. The van der Waals surface area contributed by atoms with E-state index in [9.17, 15) is 4.79 Å². The molecule has 0 radical (unpaired) electrons. The van der Waals surface area contributed by atoms with Gasteiger partial charge in [0.1, 0.15) is 5.75 Å². The second kappa shape index (κ2) is 8.47. The molecule has 0 fully saturated rings. The van der Waals surface area contributed by atoms with Gasteiger partial charge in [-0.15, -0.1) is 0 Å². The van der Waals surface area contributed by atoms with Crippen LogP contribution in [-0.4, -0.2) is 12.9 Å². The summed E-state index contributed by atoms with van der Waals surface area (Å²) < 4.78 is 6.28. The maximum atomic E-state index is 13.6. The molecule has 3 aromatic rings. The second-order valence-corrected chi connectivity index (χ2v) is 9.33. The molecule has 5 heteroatoms. The monoisotopic (exact) mass is 488 g/mol. The molecule has 3 aromatic carbocycles. The summed E-state index contributed by atoms with van der Waals surface area (Å²) in [5.74, 6) is 1.12. The fourth-order valence-corrected chi connectivity index (χ4v) is 5.24. The molecule has 2 aliphatic rings. The zero-order valence-electron chi connectivity index (χ0n) is 18.1. The molecular formula is C27H25BrN2O2. The molecule has 4 nitrogen and oxygen atoms in total. The summed E-state index contributed by atoms with van der Waals surface area (Å²) in [6.45, 7) is 2.09. The van der Waals surface area contributed by atoms with Crippen molar-refractivity contribution in [3.8, 4) is 5.75 Å². The van der Waals surface area contributed by atoms with Crippen LogP contribution in [0.5, 0.6) is 5.75 Å². The predicted molar refractivity (Wildman–Crippen MR) is 132 cm³/mol. The quantitative estimate of drug-likeness (QED) is 0.428. The molecule has 0 spiro atoms. The maximum Gasteiger partial charge on any atom is 0.163 e. The van der Waals surface area contributed by atoms with Crippen LogP contribution in [0.4, 0.5) is 11.4 Å². The number of carbonyl (C=O) groups excluding carboxylic acids is 1. The van der Waals surface area contributed by atoms with E-state index < -0.39 is 0 Å². The van der Waals surface area contributed by atoms with Crippen molar-refractivity contribution in [2.24, 2.45) is 0 Å². The SMILES string of the molecule is COc1ccc([C@@H]2Nc3ccccc3NC3=C2C(=O)C[C@H](c2ccc(C)cc2)C3)cc1Br. The third kappa shape index (κ3) is 3.82. The standard InChI is InChI=1S/C27H25BrN2O2/c1-16-7-9-17(10-8-16)19-14-23-26(24(31)15-19)27(18-11-12-25(32-2)20(28)13-18)30-22-6-4-3-5-21(22)29-23/h3-13,19,27,29-30H,14-15H2,1-2H3/t19-,27+/m1/s1. The lowest BCUT2D eigenvalue weighted by Gasteiger charge is -2.30. The number of benzene rings is 3. The number of nitrogens with one attached hydrogen (secondary N) is 2. The van der Waals surface area contributed by atoms with Crippen molar-refractivity contribution in [3.63, 3.8) is 0 Å². The number of rotatable bonds is 3. The van der Waals surface area contributed by atoms with E-state index in [4.69, 9.17) is 4.74 Å². The van der Waals surface area contributed by atoms with Gasteiger partial charge in [-0.05, 0) is 70.6 Å². The zero-order chi connectivity index (χ0) is 22.2. The van der Waals surface area contributed by atoms with E-state index in [1.807, 2.05) is 36.4 Å². The van der Waals surface area contributed by atoms with E-state index in [1.54, 1.807) is 7.11 Å². The summed E-state index contributed by atoms with van der Waals surface area (Å²) in [7, 11) is 1.65. The highest BCUT2D eigenvalue weighted by molar-refractivity contribution is 9.10. The molecule has 2 atom stereocenters. The normalized spacial score (nSPS) is 19.9. The smallest absolute Gasteiger partial charge is 0.163 e. The third-order valence-corrected chi connectivity index (χ3v) is 6.99. The number of hydrogen-bond acceptors (Lipinski definition) is 4. The van der Waals surface area contributed by atoms with Crippen molar-refractivity contribution in [2.75, 3.05) is 17.7 Å². The van der Waals surface area contributed by atoms with Gasteiger partial charge in [0.2, 0.25) is 0 Å². The number of ether oxygens (including phenoxy) is 1. The summed E-state index contributed by atoms with van der Waals surface area (Å²) in [5.41, 5.74) is 7.26. The number of allylic oxidation sites excluding steroid dienone is 1. The van der Waals surface area contributed by atoms with Crippen molar-refractivity contribution < 1.29 is 9.53 Å². The first-order valence-corrected chi connectivity index (χ1v) is 11.6. The molecule has 1 aliphatic carbocycles. The molecule has 0 saturated heterocycles. The van der Waals surface area contributed by atoms with E-state index >= 15 is 0 Å². The molecule has 2 N–H and O–H groups in total. The molecule has 0 aromatic heterocycles. The van der Waals surface area contributed by atoms with E-state index in [0.29, 0.717) is 6.42 Å². The van der Waals surface area contributed by atoms with Gasteiger partial charge in [0, 0.05) is 17.7 Å². The van der Waals surface area contributed by atoms with Gasteiger partial charge in [0.05, 0.1) is 29.0 Å². The average Bonchev–Trinajstić information content (AvgIpc) is 2.96. The Hall–Kier alpha value is -3.05. The van der Waals surface area contributed by atoms with Crippen LogP contribution in [0, 0.1) is 6.92 Å². The summed E-state index contributed by atoms with van der Waals surface area (Å²) in [6, 6.07) is 22.4. The van der Waals surface area contributed by atoms with Gasteiger partial charge in [-0.25, -0.2) is 0 Å². The third-order valence-electron chi connectivity index (χ3n) is 6.37. The van der Waals surface area contributed by atoms with E-state index in [0.717, 1.165) is 44.9 Å². The van der Waals surface area contributed by atoms with E-state index in [-0.39, 0.29) is 17.7 Å². The van der Waals surface area contributed by atoms with Crippen LogP contribution in [0.3, 0.4) is 0 Å². The molecule has 0 unspecified atom stereocenters.